The second-order valence-corrected chi connectivity index (χ2v) is 17.1. The fourth-order valence-corrected chi connectivity index (χ4v) is 7.52. The van der Waals surface area contributed by atoms with E-state index in [1.165, 1.54) is 23.6 Å². The van der Waals surface area contributed by atoms with Crippen molar-refractivity contribution in [2.45, 2.75) is 147 Å². The third kappa shape index (κ3) is 19.2. The second-order valence-electron chi connectivity index (χ2n) is 17.1. The van der Waals surface area contributed by atoms with E-state index in [0.717, 1.165) is 0 Å². The predicted octanol–water partition coefficient (Wildman–Crippen LogP) is -5.15. The number of aliphatic imine (C=N–C) groups is 2. The number of hydrogen-bond donors (Lipinski definition) is 13. The number of likely N-dealkylation sites (tertiary alicyclic amines) is 2. The molecule has 19 N–H and O–H groups in total. The third-order valence-electron chi connectivity index (χ3n) is 11.3. The van der Waals surface area contributed by atoms with Gasteiger partial charge in [-0.05, 0) is 96.9 Å². The lowest BCUT2D eigenvalue weighted by Crippen LogP contribution is -2.58. The first-order chi connectivity index (χ1) is 31.6. The standard InChI is InChI=1S/C41H74N16O10/c1-22(2)31(39(66)67)55-37(64)28-14-9-20-57(28)38(65)29-15-10-19-56(29)30(58)21-50-32(59)23(3)51-33(60)24(4)52-35(62)26(12-5-6-16-42)54-36(63)27(13-8-18-49-41(46)47)53-34(61)25(43)11-7-17-48-40(44)45/h22-29,31H,5-21,42-43H2,1-4H3,(H,50,59)(H,51,60)(H,52,62)(H,53,61)(H,54,63)(H,55,64)(H,66,67)(H4,44,45,48)(H4,46,47,49)/t23-,24-,25-,26-,27-,28-,29-,31-/m0/s1. The lowest BCUT2D eigenvalue weighted by Gasteiger charge is -2.32. The van der Waals surface area contributed by atoms with Gasteiger partial charge in [-0.3, -0.25) is 48.3 Å². The van der Waals surface area contributed by atoms with Gasteiger partial charge in [0, 0.05) is 26.2 Å². The smallest absolute Gasteiger partial charge is 0.326 e. The van der Waals surface area contributed by atoms with Gasteiger partial charge in [0.15, 0.2) is 11.9 Å². The Morgan fingerprint density at radius 2 is 1.13 bits per heavy atom. The van der Waals surface area contributed by atoms with E-state index in [1.54, 1.807) is 13.8 Å². The van der Waals surface area contributed by atoms with Gasteiger partial charge in [0.2, 0.25) is 47.3 Å². The molecule has 0 unspecified atom stereocenters. The maximum Gasteiger partial charge on any atom is 0.326 e. The molecule has 67 heavy (non-hydrogen) atoms. The molecule has 2 fully saturated rings. The van der Waals surface area contributed by atoms with Gasteiger partial charge in [-0.25, -0.2) is 4.79 Å². The van der Waals surface area contributed by atoms with Crippen LogP contribution in [0.2, 0.25) is 0 Å². The Bertz CT molecular complexity index is 1790. The number of carboxylic acid groups (broad SMARTS) is 1. The van der Waals surface area contributed by atoms with E-state index in [4.69, 9.17) is 34.4 Å². The van der Waals surface area contributed by atoms with Crippen molar-refractivity contribution in [3.63, 3.8) is 0 Å². The fourth-order valence-electron chi connectivity index (χ4n) is 7.52. The van der Waals surface area contributed by atoms with Crippen molar-refractivity contribution in [3.8, 4) is 0 Å². The number of nitrogens with one attached hydrogen (secondary N) is 6. The number of guanidine groups is 2. The monoisotopic (exact) mass is 951 g/mol. The van der Waals surface area contributed by atoms with Gasteiger partial charge in [-0.15, -0.1) is 0 Å². The highest BCUT2D eigenvalue weighted by molar-refractivity contribution is 5.97. The van der Waals surface area contributed by atoms with Gasteiger partial charge < -0.3 is 81.2 Å². The van der Waals surface area contributed by atoms with Crippen LogP contribution in [0.3, 0.4) is 0 Å². The number of aliphatic carboxylic acids is 1. The van der Waals surface area contributed by atoms with E-state index in [9.17, 15) is 48.3 Å². The highest BCUT2D eigenvalue weighted by atomic mass is 16.4. The molecule has 2 saturated heterocycles. The zero-order valence-electron chi connectivity index (χ0n) is 39.1. The van der Waals surface area contributed by atoms with E-state index in [0.29, 0.717) is 51.5 Å². The summed E-state index contributed by atoms with van der Waals surface area (Å²) >= 11 is 0. The molecule has 0 aromatic carbocycles. The summed E-state index contributed by atoms with van der Waals surface area (Å²) in [6, 6.07) is -8.63. The second kappa shape index (κ2) is 28.7. The Balaban J connectivity index is 2.03. The van der Waals surface area contributed by atoms with Crippen molar-refractivity contribution in [2.75, 3.05) is 39.3 Å². The number of hydrogen-bond acceptors (Lipinski definition) is 13. The fraction of sp³-hybridized carbons (Fsp3) is 0.732. The largest absolute Gasteiger partial charge is 0.480 e. The van der Waals surface area contributed by atoms with Crippen LogP contribution in [0.15, 0.2) is 9.98 Å². The minimum absolute atomic E-state index is 0.0724. The Hall–Kier alpha value is -6.31. The van der Waals surface area contributed by atoms with E-state index in [-0.39, 0.29) is 63.8 Å². The number of nitrogens with zero attached hydrogens (tertiary/aromatic N) is 4. The molecule has 26 heteroatoms. The zero-order valence-corrected chi connectivity index (χ0v) is 39.1. The van der Waals surface area contributed by atoms with Crippen LogP contribution in [0.4, 0.5) is 0 Å². The average Bonchev–Trinajstić information content (AvgIpc) is 3.97. The molecule has 2 aliphatic rings. The number of amides is 8. The summed E-state index contributed by atoms with van der Waals surface area (Å²) in [6.07, 6.45) is 3.68. The quantitative estimate of drug-likeness (QED) is 0.0198. The van der Waals surface area contributed by atoms with Crippen molar-refractivity contribution in [1.29, 1.82) is 0 Å². The van der Waals surface area contributed by atoms with Gasteiger partial charge in [0.05, 0.1) is 12.6 Å². The van der Waals surface area contributed by atoms with Crippen LogP contribution in [0, 0.1) is 5.92 Å². The van der Waals surface area contributed by atoms with Crippen molar-refractivity contribution in [1.82, 2.24) is 41.7 Å². The molecule has 8 amide bonds. The molecule has 0 spiro atoms. The number of carbonyl (C=O) groups excluding carboxylic acids is 8. The van der Waals surface area contributed by atoms with Gasteiger partial charge in [0.1, 0.15) is 42.3 Å². The van der Waals surface area contributed by atoms with Gasteiger partial charge >= 0.3 is 5.97 Å². The number of carboxylic acids is 1. The van der Waals surface area contributed by atoms with Gasteiger partial charge in [-0.2, -0.15) is 0 Å². The Morgan fingerprint density at radius 3 is 1.70 bits per heavy atom. The Kier molecular flexibility index (Phi) is 24.3. The van der Waals surface area contributed by atoms with Crippen LogP contribution in [0.25, 0.3) is 0 Å². The number of carbonyl (C=O) groups is 9. The van der Waals surface area contributed by atoms with Crippen LogP contribution in [0.5, 0.6) is 0 Å². The van der Waals surface area contributed by atoms with Gasteiger partial charge in [-0.1, -0.05) is 13.8 Å². The summed E-state index contributed by atoms with van der Waals surface area (Å²) in [4.78, 5) is 129. The minimum Gasteiger partial charge on any atom is -0.480 e. The molecule has 0 saturated carbocycles. The SMILES string of the molecule is CC(C)[C@H](NC(=O)[C@@H]1CCCN1C(=O)[C@@H]1CCCN1C(=O)CNC(=O)[C@H](C)NC(=O)[C@H](C)NC(=O)[C@H](CCCCN)NC(=O)[C@H](CCCN=C(N)N)NC(=O)[C@@H](N)CCCN=C(N)N)C(=O)O. The number of nitrogens with two attached hydrogens (primary N) is 6. The summed E-state index contributed by atoms with van der Waals surface area (Å²) < 4.78 is 0. The molecule has 0 bridgehead atoms. The van der Waals surface area contributed by atoms with E-state index >= 15 is 0 Å². The van der Waals surface area contributed by atoms with Crippen LogP contribution in [-0.4, -0.2) is 168 Å². The van der Waals surface area contributed by atoms with Crippen LogP contribution in [-0.2, 0) is 43.2 Å². The van der Waals surface area contributed by atoms with Crippen LogP contribution >= 0.6 is 0 Å². The summed E-state index contributed by atoms with van der Waals surface area (Å²) in [6.45, 7) is 6.74. The molecular formula is C41H74N16O10. The van der Waals surface area contributed by atoms with Crippen molar-refractivity contribution >= 4 is 65.1 Å². The summed E-state index contributed by atoms with van der Waals surface area (Å²) in [5, 5.41) is 24.9. The van der Waals surface area contributed by atoms with Crippen molar-refractivity contribution in [3.05, 3.63) is 0 Å². The van der Waals surface area contributed by atoms with E-state index < -0.39 is 114 Å². The van der Waals surface area contributed by atoms with E-state index in [2.05, 4.69) is 41.9 Å². The highest BCUT2D eigenvalue weighted by Crippen LogP contribution is 2.25. The molecule has 2 rings (SSSR count). The molecule has 378 valence electrons. The summed E-state index contributed by atoms with van der Waals surface area (Å²) in [5.41, 5.74) is 33.3. The topological polar surface area (TPSA) is 433 Å². The number of unbranched alkanes of at least 4 members (excludes halogenated alkanes) is 1. The summed E-state index contributed by atoms with van der Waals surface area (Å²) in [7, 11) is 0. The van der Waals surface area contributed by atoms with Crippen LogP contribution < -0.4 is 66.3 Å². The Morgan fingerprint density at radius 1 is 0.627 bits per heavy atom. The van der Waals surface area contributed by atoms with Crippen molar-refractivity contribution < 1.29 is 48.3 Å². The summed E-state index contributed by atoms with van der Waals surface area (Å²) in [5.74, 6) is -6.98. The molecule has 2 heterocycles. The maximum atomic E-state index is 13.7. The molecule has 26 nitrogen and oxygen atoms in total. The third-order valence-corrected chi connectivity index (χ3v) is 11.3. The molecule has 0 aromatic heterocycles. The Labute approximate surface area is 390 Å². The van der Waals surface area contributed by atoms with Crippen molar-refractivity contribution in [2.24, 2.45) is 50.3 Å². The van der Waals surface area contributed by atoms with E-state index in [1.807, 2.05) is 0 Å². The first-order valence-electron chi connectivity index (χ1n) is 22.8. The molecule has 0 aromatic rings. The highest BCUT2D eigenvalue weighted by Gasteiger charge is 2.43. The molecule has 0 radical (unpaired) electrons. The molecule has 8 atom stereocenters. The van der Waals surface area contributed by atoms with Crippen LogP contribution in [0.1, 0.15) is 98.3 Å². The average molecular weight is 951 g/mol. The number of rotatable bonds is 28. The zero-order chi connectivity index (χ0) is 50.4. The first kappa shape index (κ1) is 56.8. The van der Waals surface area contributed by atoms with Gasteiger partial charge in [0.25, 0.3) is 0 Å². The minimum atomic E-state index is -1.21. The molecule has 0 aliphatic carbocycles. The lowest BCUT2D eigenvalue weighted by atomic mass is 10.0. The first-order valence-corrected chi connectivity index (χ1v) is 22.8. The maximum absolute atomic E-state index is 13.7. The normalized spacial score (nSPS) is 18.3. The molecule has 2 aliphatic heterocycles. The predicted molar refractivity (Wildman–Crippen MR) is 247 cm³/mol. The lowest BCUT2D eigenvalue weighted by molar-refractivity contribution is -0.148. The molecular weight excluding hydrogens is 877 g/mol.